The van der Waals surface area contributed by atoms with E-state index in [-0.39, 0.29) is 18.5 Å². The molecule has 0 spiro atoms. The maximum absolute atomic E-state index is 13.6. The Labute approximate surface area is 282 Å². The Morgan fingerprint density at radius 1 is 1.06 bits per heavy atom. The molecule has 248 valence electrons. The molecule has 10 heteroatoms. The van der Waals surface area contributed by atoms with Gasteiger partial charge in [0.1, 0.15) is 29.7 Å². The van der Waals surface area contributed by atoms with Crippen LogP contribution in [0.2, 0.25) is 5.02 Å². The number of anilines is 4. The molecule has 47 heavy (non-hydrogen) atoms. The molecule has 1 aliphatic rings. The fourth-order valence-electron chi connectivity index (χ4n) is 5.60. The number of aliphatic imine (C=N–C) groups is 1. The van der Waals surface area contributed by atoms with Gasteiger partial charge in [0.25, 0.3) is 0 Å². The number of piperazine rings is 1. The SMILES string of the molecule is C=C(N=Cc1nc(Nc2ccc(OCc3cccc(F)c3)c(Cl)c2)n(C(C)C)c1CCCC)Nc1ccc(N2CCN(C)CC2)cc1. The van der Waals surface area contributed by atoms with Crippen molar-refractivity contribution in [3.05, 3.63) is 107 Å². The molecule has 0 unspecified atom stereocenters. The molecule has 2 N–H and O–H groups in total. The highest BCUT2D eigenvalue weighted by Crippen LogP contribution is 2.32. The summed E-state index contributed by atoms with van der Waals surface area (Å²) in [7, 11) is 2.17. The van der Waals surface area contributed by atoms with Gasteiger partial charge in [-0.05, 0) is 93.9 Å². The van der Waals surface area contributed by atoms with Crippen molar-refractivity contribution < 1.29 is 9.13 Å². The van der Waals surface area contributed by atoms with E-state index < -0.39 is 0 Å². The van der Waals surface area contributed by atoms with E-state index in [0.29, 0.717) is 22.5 Å². The fourth-order valence-corrected chi connectivity index (χ4v) is 5.83. The van der Waals surface area contributed by atoms with E-state index in [1.807, 2.05) is 18.2 Å². The van der Waals surface area contributed by atoms with Gasteiger partial charge in [0.05, 0.1) is 11.2 Å². The number of nitrogens with zero attached hydrogens (tertiary/aromatic N) is 5. The van der Waals surface area contributed by atoms with Gasteiger partial charge in [0.2, 0.25) is 5.95 Å². The van der Waals surface area contributed by atoms with Gasteiger partial charge in [0.15, 0.2) is 0 Å². The second-order valence-corrected chi connectivity index (χ2v) is 12.6. The molecule has 1 fully saturated rings. The zero-order chi connectivity index (χ0) is 33.3. The van der Waals surface area contributed by atoms with Gasteiger partial charge in [-0.2, -0.15) is 0 Å². The third-order valence-corrected chi connectivity index (χ3v) is 8.46. The molecule has 0 amide bonds. The first-order valence-corrected chi connectivity index (χ1v) is 16.7. The van der Waals surface area contributed by atoms with Crippen molar-refractivity contribution in [3.63, 3.8) is 0 Å². The number of aromatic nitrogens is 2. The van der Waals surface area contributed by atoms with Crippen LogP contribution in [0.1, 0.15) is 56.6 Å². The smallest absolute Gasteiger partial charge is 0.208 e. The molecule has 0 saturated carbocycles. The minimum atomic E-state index is -0.299. The Morgan fingerprint density at radius 3 is 2.49 bits per heavy atom. The van der Waals surface area contributed by atoms with E-state index in [2.05, 4.69) is 88.7 Å². The highest BCUT2D eigenvalue weighted by molar-refractivity contribution is 6.32. The van der Waals surface area contributed by atoms with Crippen LogP contribution in [0, 0.1) is 5.82 Å². The Kier molecular flexibility index (Phi) is 11.6. The molecule has 2 heterocycles. The van der Waals surface area contributed by atoms with Crippen LogP contribution in [0.25, 0.3) is 0 Å². The van der Waals surface area contributed by atoms with E-state index in [0.717, 1.165) is 73.8 Å². The molecule has 0 radical (unpaired) electrons. The van der Waals surface area contributed by atoms with Gasteiger partial charge in [0, 0.05) is 55.0 Å². The summed E-state index contributed by atoms with van der Waals surface area (Å²) in [6, 6.07) is 20.4. The summed E-state index contributed by atoms with van der Waals surface area (Å²) >= 11 is 6.60. The van der Waals surface area contributed by atoms with Gasteiger partial charge < -0.3 is 29.7 Å². The molecule has 3 aromatic carbocycles. The highest BCUT2D eigenvalue weighted by atomic mass is 35.5. The Hall–Kier alpha value is -4.34. The molecule has 0 aliphatic carbocycles. The summed E-state index contributed by atoms with van der Waals surface area (Å²) < 4.78 is 21.6. The first kappa shape index (κ1) is 34.0. The summed E-state index contributed by atoms with van der Waals surface area (Å²) in [6.07, 6.45) is 4.75. The maximum atomic E-state index is 13.6. The second-order valence-electron chi connectivity index (χ2n) is 12.2. The standard InChI is InChI=1S/C37H45ClFN7O/c1-6-7-11-35-34(24-40-27(4)41-30-12-15-32(16-13-30)45-20-18-44(5)19-21-45)43-37(46(35)26(2)3)42-31-14-17-36(33(38)23-31)47-25-28-9-8-10-29(39)22-28/h8-10,12-17,22-24,26,41H,4,6-7,11,18-21,25H2,1-3,5H3,(H,42,43). The lowest BCUT2D eigenvalue weighted by Crippen LogP contribution is -2.44. The van der Waals surface area contributed by atoms with E-state index in [4.69, 9.17) is 21.3 Å². The molecule has 0 bridgehead atoms. The molecule has 0 atom stereocenters. The largest absolute Gasteiger partial charge is 0.487 e. The Morgan fingerprint density at radius 2 is 1.81 bits per heavy atom. The number of imidazole rings is 1. The highest BCUT2D eigenvalue weighted by Gasteiger charge is 2.19. The summed E-state index contributed by atoms with van der Waals surface area (Å²) in [5, 5.41) is 7.22. The van der Waals surface area contributed by atoms with Gasteiger partial charge in [-0.25, -0.2) is 14.4 Å². The van der Waals surface area contributed by atoms with E-state index in [1.165, 1.54) is 17.8 Å². The summed E-state index contributed by atoms with van der Waals surface area (Å²) in [6.45, 7) is 15.0. The molecule has 1 aromatic heterocycles. The monoisotopic (exact) mass is 657 g/mol. The first-order valence-electron chi connectivity index (χ1n) is 16.3. The van der Waals surface area contributed by atoms with Gasteiger partial charge >= 0.3 is 0 Å². The third kappa shape index (κ3) is 9.14. The summed E-state index contributed by atoms with van der Waals surface area (Å²) in [4.78, 5) is 14.4. The van der Waals surface area contributed by atoms with Crippen LogP contribution in [-0.4, -0.2) is 53.9 Å². The van der Waals surface area contributed by atoms with Crippen LogP contribution in [0.3, 0.4) is 0 Å². The predicted molar refractivity (Wildman–Crippen MR) is 193 cm³/mol. The number of nitrogens with one attached hydrogen (secondary N) is 2. The van der Waals surface area contributed by atoms with Crippen molar-refractivity contribution in [2.24, 2.45) is 4.99 Å². The first-order chi connectivity index (χ1) is 22.7. The number of benzene rings is 3. The predicted octanol–water partition coefficient (Wildman–Crippen LogP) is 8.68. The molecule has 4 aromatic rings. The lowest BCUT2D eigenvalue weighted by molar-refractivity contribution is 0.306. The number of likely N-dealkylation sites (N-methyl/N-ethyl adjacent to an activating group) is 1. The lowest BCUT2D eigenvalue weighted by atomic mass is 10.1. The van der Waals surface area contributed by atoms with Gasteiger partial charge in [-0.1, -0.05) is 43.7 Å². The number of halogens is 2. The van der Waals surface area contributed by atoms with Crippen molar-refractivity contribution in [2.75, 3.05) is 48.8 Å². The summed E-state index contributed by atoms with van der Waals surface area (Å²) in [5.74, 6) is 1.46. The van der Waals surface area contributed by atoms with Crippen LogP contribution in [0.5, 0.6) is 5.75 Å². The molecule has 8 nitrogen and oxygen atoms in total. The molecular weight excluding hydrogens is 613 g/mol. The van der Waals surface area contributed by atoms with Crippen LogP contribution in [0.4, 0.5) is 27.4 Å². The van der Waals surface area contributed by atoms with Gasteiger partial charge in [-0.15, -0.1) is 0 Å². The van der Waals surface area contributed by atoms with Crippen LogP contribution < -0.4 is 20.3 Å². The Bertz CT molecular complexity index is 1680. The molecule has 5 rings (SSSR count). The fraction of sp³-hybridized carbons (Fsp3) is 0.351. The van der Waals surface area contributed by atoms with E-state index in [1.54, 1.807) is 18.3 Å². The second kappa shape index (κ2) is 16.0. The van der Waals surface area contributed by atoms with Crippen LogP contribution in [-0.2, 0) is 13.0 Å². The average molecular weight is 658 g/mol. The van der Waals surface area contributed by atoms with E-state index in [9.17, 15) is 4.39 Å². The van der Waals surface area contributed by atoms with Crippen molar-refractivity contribution >= 4 is 40.8 Å². The number of rotatable bonds is 14. The van der Waals surface area contributed by atoms with Crippen LogP contribution in [0.15, 0.2) is 84.1 Å². The van der Waals surface area contributed by atoms with Crippen molar-refractivity contribution in [2.45, 2.75) is 52.7 Å². The normalized spacial score (nSPS) is 13.8. The zero-order valence-electron chi connectivity index (χ0n) is 27.8. The third-order valence-electron chi connectivity index (χ3n) is 8.16. The van der Waals surface area contributed by atoms with Crippen molar-refractivity contribution in [1.82, 2.24) is 14.5 Å². The number of hydrogen-bond donors (Lipinski definition) is 2. The number of ether oxygens (including phenoxy) is 1. The summed E-state index contributed by atoms with van der Waals surface area (Å²) in [5.41, 5.74) is 5.57. The maximum Gasteiger partial charge on any atom is 0.208 e. The van der Waals surface area contributed by atoms with Crippen molar-refractivity contribution in [3.8, 4) is 5.75 Å². The van der Waals surface area contributed by atoms with Gasteiger partial charge in [-0.3, -0.25) is 0 Å². The Balaban J connectivity index is 1.29. The topological polar surface area (TPSA) is 70.0 Å². The minimum absolute atomic E-state index is 0.156. The molecule has 1 aliphatic heterocycles. The molecule has 1 saturated heterocycles. The average Bonchev–Trinajstić information content (AvgIpc) is 3.40. The van der Waals surface area contributed by atoms with E-state index >= 15 is 0 Å². The molecular formula is C37H45ClFN7O. The quantitative estimate of drug-likeness (QED) is 0.132. The number of hydrogen-bond acceptors (Lipinski definition) is 7. The van der Waals surface area contributed by atoms with Crippen LogP contribution >= 0.6 is 11.6 Å². The number of unbranched alkanes of at least 4 members (excludes halogenated alkanes) is 1. The van der Waals surface area contributed by atoms with Crippen molar-refractivity contribution in [1.29, 1.82) is 0 Å². The zero-order valence-corrected chi connectivity index (χ0v) is 28.5. The minimum Gasteiger partial charge on any atom is -0.487 e. The lowest BCUT2D eigenvalue weighted by Gasteiger charge is -2.34.